The molecular weight excluding hydrogens is 384 g/mol. The number of nitrogens with zero attached hydrogens (tertiary/aromatic N) is 2. The average Bonchev–Trinajstić information content (AvgIpc) is 3.07. The summed E-state index contributed by atoms with van der Waals surface area (Å²) < 4.78 is 5.44. The molecule has 3 N–H and O–H groups in total. The zero-order valence-electron chi connectivity index (χ0n) is 18.0. The van der Waals surface area contributed by atoms with E-state index in [9.17, 15) is 4.79 Å². The molecule has 0 saturated carbocycles. The third-order valence-electron chi connectivity index (χ3n) is 4.79. The van der Waals surface area contributed by atoms with Crippen LogP contribution in [0.15, 0.2) is 30.6 Å². The summed E-state index contributed by atoms with van der Waals surface area (Å²) in [7, 11) is 1.94. The molecule has 2 aromatic heterocycles. The number of pyridine rings is 1. The third kappa shape index (κ3) is 5.77. The molecule has 1 fully saturated rings. The van der Waals surface area contributed by atoms with Crippen LogP contribution in [0.25, 0.3) is 21.8 Å². The number of aryl methyl sites for hydroxylation is 1. The van der Waals surface area contributed by atoms with Crippen LogP contribution in [0.4, 0.5) is 5.69 Å². The predicted octanol–water partition coefficient (Wildman–Crippen LogP) is 3.06. The molecule has 0 aliphatic carbocycles. The minimum atomic E-state index is -0.771. The van der Waals surface area contributed by atoms with Crippen LogP contribution >= 0.6 is 0 Å². The Hall–Kier alpha value is -2.97. The van der Waals surface area contributed by atoms with Gasteiger partial charge in [-0.05, 0) is 44.5 Å². The molecule has 4 rings (SSSR count). The maximum absolute atomic E-state index is 10.4. The number of carbonyl (C=O) groups is 2. The normalized spacial score (nSPS) is 15.6. The number of carboxylic acids is 1. The van der Waals surface area contributed by atoms with Crippen LogP contribution in [0.3, 0.4) is 0 Å². The fourth-order valence-corrected chi connectivity index (χ4v) is 3.63. The van der Waals surface area contributed by atoms with E-state index in [0.29, 0.717) is 13.2 Å². The van der Waals surface area contributed by atoms with Crippen molar-refractivity contribution >= 4 is 40.3 Å². The van der Waals surface area contributed by atoms with E-state index in [1.807, 2.05) is 51.0 Å². The highest BCUT2D eigenvalue weighted by Crippen LogP contribution is 2.30. The molecule has 0 atom stereocenters. The van der Waals surface area contributed by atoms with E-state index in [2.05, 4.69) is 34.3 Å². The highest BCUT2D eigenvalue weighted by molar-refractivity contribution is 6.11. The molecule has 1 aromatic carbocycles. The zero-order chi connectivity index (χ0) is 22.3. The predicted molar refractivity (Wildman–Crippen MR) is 119 cm³/mol. The standard InChI is InChI=1S/C13H13N3.C8H15NO3.CH2O/c1-8-5-10-9-3-4-15-7-12(9)16-13(10)11(6-8)14-2;1-8(2)6-9(3-4-12-8)5-7(10)11;1-2/h3-7,14,16H,1-2H3;3-6H2,1-2H3,(H,10,11);1H2. The van der Waals surface area contributed by atoms with Gasteiger partial charge in [0.2, 0.25) is 0 Å². The Morgan fingerprint density at radius 2 is 2.10 bits per heavy atom. The number of morpholine rings is 1. The number of nitrogens with one attached hydrogen (secondary N) is 2. The Balaban J connectivity index is 0.000000205. The van der Waals surface area contributed by atoms with Crippen LogP contribution in [0.5, 0.6) is 0 Å². The van der Waals surface area contributed by atoms with Gasteiger partial charge in [-0.3, -0.25) is 14.7 Å². The first-order chi connectivity index (χ1) is 14.3. The van der Waals surface area contributed by atoms with E-state index in [-0.39, 0.29) is 12.1 Å². The molecule has 0 bridgehead atoms. The largest absolute Gasteiger partial charge is 0.480 e. The van der Waals surface area contributed by atoms with Gasteiger partial charge in [-0.2, -0.15) is 0 Å². The molecule has 8 heteroatoms. The maximum Gasteiger partial charge on any atom is 0.317 e. The van der Waals surface area contributed by atoms with Gasteiger partial charge in [0.1, 0.15) is 6.79 Å². The second kappa shape index (κ2) is 10.2. The number of hydrogen-bond acceptors (Lipinski definition) is 6. The van der Waals surface area contributed by atoms with Crippen molar-refractivity contribution in [1.82, 2.24) is 14.9 Å². The Morgan fingerprint density at radius 3 is 2.73 bits per heavy atom. The summed E-state index contributed by atoms with van der Waals surface area (Å²) in [5, 5.41) is 14.3. The highest BCUT2D eigenvalue weighted by Gasteiger charge is 2.27. The number of ether oxygens (including phenoxy) is 1. The van der Waals surface area contributed by atoms with Gasteiger partial charge < -0.3 is 24.9 Å². The van der Waals surface area contributed by atoms with Crippen LogP contribution in [-0.2, 0) is 14.3 Å². The average molecular weight is 415 g/mol. The van der Waals surface area contributed by atoms with Gasteiger partial charge in [0, 0.05) is 37.1 Å². The molecule has 3 heterocycles. The number of anilines is 1. The molecule has 1 saturated heterocycles. The first-order valence-corrected chi connectivity index (χ1v) is 9.70. The number of rotatable bonds is 3. The number of aromatic amines is 1. The van der Waals surface area contributed by atoms with Crippen LogP contribution in [0.2, 0.25) is 0 Å². The van der Waals surface area contributed by atoms with E-state index >= 15 is 0 Å². The number of carboxylic acid groups (broad SMARTS) is 1. The highest BCUT2D eigenvalue weighted by atomic mass is 16.5. The monoisotopic (exact) mass is 414 g/mol. The SMILES string of the molecule is C=O.CC1(C)CN(CC(=O)O)CCO1.CNc1cc(C)cc2c1[nH]c1cnccc12. The van der Waals surface area contributed by atoms with Crippen molar-refractivity contribution in [3.8, 4) is 0 Å². The van der Waals surface area contributed by atoms with Gasteiger partial charge in [0.15, 0.2) is 0 Å². The molecule has 0 radical (unpaired) electrons. The second-order valence-electron chi connectivity index (χ2n) is 7.74. The lowest BCUT2D eigenvalue weighted by atomic mass is 10.1. The van der Waals surface area contributed by atoms with Crippen LogP contribution in [0.1, 0.15) is 19.4 Å². The molecule has 1 aliphatic heterocycles. The Bertz CT molecular complexity index is 999. The number of carbonyl (C=O) groups excluding carboxylic acids is 1. The van der Waals surface area contributed by atoms with Gasteiger partial charge in [0.25, 0.3) is 0 Å². The lowest BCUT2D eigenvalue weighted by Gasteiger charge is -2.37. The van der Waals surface area contributed by atoms with E-state index in [0.717, 1.165) is 23.3 Å². The fourth-order valence-electron chi connectivity index (χ4n) is 3.63. The van der Waals surface area contributed by atoms with Gasteiger partial charge in [-0.25, -0.2) is 0 Å². The smallest absolute Gasteiger partial charge is 0.317 e. The molecule has 30 heavy (non-hydrogen) atoms. The molecular formula is C22H30N4O4. The molecule has 0 amide bonds. The van der Waals surface area contributed by atoms with Crippen molar-refractivity contribution in [1.29, 1.82) is 0 Å². The summed E-state index contributed by atoms with van der Waals surface area (Å²) in [5.41, 5.74) is 4.42. The number of aliphatic carboxylic acids is 1. The molecule has 1 aliphatic rings. The van der Waals surface area contributed by atoms with Crippen LogP contribution in [0, 0.1) is 6.92 Å². The number of fused-ring (bicyclic) bond motifs is 3. The Labute approximate surface area is 176 Å². The van der Waals surface area contributed by atoms with Crippen LogP contribution < -0.4 is 5.32 Å². The van der Waals surface area contributed by atoms with Crippen molar-refractivity contribution in [2.75, 3.05) is 38.6 Å². The first-order valence-electron chi connectivity index (χ1n) is 9.70. The lowest BCUT2D eigenvalue weighted by molar-refractivity contribution is -0.142. The quantitative estimate of drug-likeness (QED) is 0.604. The molecule has 0 unspecified atom stereocenters. The molecule has 162 valence electrons. The molecule has 0 spiro atoms. The Kier molecular flexibility index (Phi) is 7.91. The summed E-state index contributed by atoms with van der Waals surface area (Å²) >= 11 is 0. The summed E-state index contributed by atoms with van der Waals surface area (Å²) in [6.45, 7) is 10.2. The van der Waals surface area contributed by atoms with Crippen molar-refractivity contribution < 1.29 is 19.4 Å². The van der Waals surface area contributed by atoms with Crippen molar-refractivity contribution in [2.24, 2.45) is 0 Å². The topological polar surface area (TPSA) is 108 Å². The minimum Gasteiger partial charge on any atom is -0.480 e. The van der Waals surface area contributed by atoms with Crippen molar-refractivity contribution in [2.45, 2.75) is 26.4 Å². The van der Waals surface area contributed by atoms with Gasteiger partial charge in [0.05, 0.1) is 41.7 Å². The number of H-pyrrole nitrogens is 1. The maximum atomic E-state index is 10.4. The first kappa shape index (κ1) is 23.3. The van der Waals surface area contributed by atoms with Gasteiger partial charge in [-0.1, -0.05) is 0 Å². The van der Waals surface area contributed by atoms with Crippen LogP contribution in [-0.4, -0.2) is 71.6 Å². The summed E-state index contributed by atoms with van der Waals surface area (Å²) in [4.78, 5) is 27.8. The second-order valence-corrected chi connectivity index (χ2v) is 7.74. The lowest BCUT2D eigenvalue weighted by Crippen LogP contribution is -2.49. The molecule has 8 nitrogen and oxygen atoms in total. The Morgan fingerprint density at radius 1 is 1.37 bits per heavy atom. The number of benzene rings is 1. The van der Waals surface area contributed by atoms with Crippen molar-refractivity contribution in [3.63, 3.8) is 0 Å². The van der Waals surface area contributed by atoms with E-state index in [1.165, 1.54) is 16.3 Å². The zero-order valence-corrected chi connectivity index (χ0v) is 18.0. The summed E-state index contributed by atoms with van der Waals surface area (Å²) in [6, 6.07) is 6.40. The molecule has 3 aromatic rings. The van der Waals surface area contributed by atoms with E-state index in [4.69, 9.17) is 14.6 Å². The van der Waals surface area contributed by atoms with E-state index in [1.54, 1.807) is 0 Å². The number of hydrogen-bond donors (Lipinski definition) is 3. The summed E-state index contributed by atoms with van der Waals surface area (Å²) in [5.74, 6) is -0.771. The third-order valence-corrected chi connectivity index (χ3v) is 4.79. The van der Waals surface area contributed by atoms with Crippen molar-refractivity contribution in [3.05, 3.63) is 36.2 Å². The number of aromatic nitrogens is 2. The van der Waals surface area contributed by atoms with Gasteiger partial charge in [-0.15, -0.1) is 0 Å². The van der Waals surface area contributed by atoms with Gasteiger partial charge >= 0.3 is 5.97 Å². The minimum absolute atomic E-state index is 0.118. The fraction of sp³-hybridized carbons (Fsp3) is 0.409. The summed E-state index contributed by atoms with van der Waals surface area (Å²) in [6.07, 6.45) is 3.70. The van der Waals surface area contributed by atoms with E-state index < -0.39 is 5.97 Å².